The Morgan fingerprint density at radius 3 is 2.58 bits per heavy atom. The van der Waals surface area contributed by atoms with E-state index in [1.807, 2.05) is 42.5 Å². The molecule has 1 saturated heterocycles. The fourth-order valence-corrected chi connectivity index (χ4v) is 4.58. The van der Waals surface area contributed by atoms with Gasteiger partial charge in [-0.15, -0.1) is 0 Å². The smallest absolute Gasteiger partial charge is 0.268 e. The predicted molar refractivity (Wildman–Crippen MR) is 116 cm³/mol. The minimum Gasteiger partial charge on any atom is -0.268 e. The van der Waals surface area contributed by atoms with Gasteiger partial charge in [0.05, 0.1) is 10.6 Å². The number of thiocarbonyl (C=S) groups is 1. The molecule has 3 aromatic carbocycles. The average Bonchev–Trinajstić information content (AvgIpc) is 2.90. The minimum atomic E-state index is -0.151. The molecular weight excluding hydrogens is 405 g/mol. The van der Waals surface area contributed by atoms with Crippen LogP contribution in [-0.4, -0.2) is 10.2 Å². The third-order valence-corrected chi connectivity index (χ3v) is 5.91. The first-order valence-electron chi connectivity index (χ1n) is 7.75. The summed E-state index contributed by atoms with van der Waals surface area (Å²) in [6.07, 6.45) is 1.75. The van der Waals surface area contributed by atoms with Crippen molar-refractivity contribution in [2.75, 3.05) is 4.90 Å². The van der Waals surface area contributed by atoms with Crippen molar-refractivity contribution in [3.05, 3.63) is 81.2 Å². The third-order valence-electron chi connectivity index (χ3n) is 4.05. The van der Waals surface area contributed by atoms with Crippen molar-refractivity contribution in [2.24, 2.45) is 0 Å². The van der Waals surface area contributed by atoms with Crippen LogP contribution in [0, 0.1) is 0 Å². The van der Waals surface area contributed by atoms with E-state index in [0.717, 1.165) is 22.0 Å². The molecule has 0 saturated carbocycles. The molecule has 0 radical (unpaired) electrons. The molecule has 1 fully saturated rings. The van der Waals surface area contributed by atoms with Crippen LogP contribution in [0.4, 0.5) is 5.69 Å². The molecule has 4 rings (SSSR count). The maximum Gasteiger partial charge on any atom is 0.270 e. The van der Waals surface area contributed by atoms with Gasteiger partial charge in [-0.05, 0) is 35.2 Å². The monoisotopic (exact) mass is 415 g/mol. The van der Waals surface area contributed by atoms with Gasteiger partial charge >= 0.3 is 0 Å². The van der Waals surface area contributed by atoms with Crippen LogP contribution in [0.2, 0.25) is 10.0 Å². The summed E-state index contributed by atoms with van der Waals surface area (Å²) in [7, 11) is 0. The fraction of sp³-hybridized carbons (Fsp3) is 0. The molecule has 0 atom stereocenters. The van der Waals surface area contributed by atoms with Gasteiger partial charge in [0.25, 0.3) is 5.91 Å². The molecule has 1 aliphatic heterocycles. The SMILES string of the molecule is O=C1/C(=C\c2ccc(Cl)cc2Cl)SC(=S)N1c1cccc2ccccc12. The highest BCUT2D eigenvalue weighted by Gasteiger charge is 2.34. The zero-order valence-electron chi connectivity index (χ0n) is 13.3. The summed E-state index contributed by atoms with van der Waals surface area (Å²) in [5, 5.41) is 3.09. The van der Waals surface area contributed by atoms with E-state index in [4.69, 9.17) is 35.4 Å². The third kappa shape index (κ3) is 3.14. The molecular formula is C20H11Cl2NOS2. The lowest BCUT2D eigenvalue weighted by Crippen LogP contribution is -2.27. The summed E-state index contributed by atoms with van der Waals surface area (Å²) < 4.78 is 0.502. The van der Waals surface area contributed by atoms with Gasteiger partial charge in [0.2, 0.25) is 0 Å². The van der Waals surface area contributed by atoms with Crippen molar-refractivity contribution >= 4 is 79.9 Å². The molecule has 0 unspecified atom stereocenters. The maximum atomic E-state index is 13.0. The molecule has 1 heterocycles. The first-order valence-corrected chi connectivity index (χ1v) is 9.73. The highest BCUT2D eigenvalue weighted by molar-refractivity contribution is 8.27. The van der Waals surface area contributed by atoms with Gasteiger partial charge in [0.15, 0.2) is 4.32 Å². The van der Waals surface area contributed by atoms with Crippen LogP contribution in [0.25, 0.3) is 16.8 Å². The maximum absolute atomic E-state index is 13.0. The van der Waals surface area contributed by atoms with Crippen LogP contribution in [0.1, 0.15) is 5.56 Å². The van der Waals surface area contributed by atoms with Crippen molar-refractivity contribution < 1.29 is 4.79 Å². The van der Waals surface area contributed by atoms with Crippen LogP contribution in [0.5, 0.6) is 0 Å². The molecule has 2 nitrogen and oxygen atoms in total. The molecule has 0 bridgehead atoms. The van der Waals surface area contributed by atoms with Crippen molar-refractivity contribution in [2.45, 2.75) is 0 Å². The lowest BCUT2D eigenvalue weighted by atomic mass is 10.1. The fourth-order valence-electron chi connectivity index (χ4n) is 2.84. The highest BCUT2D eigenvalue weighted by Crippen LogP contribution is 2.39. The van der Waals surface area contributed by atoms with Gasteiger partial charge in [-0.25, -0.2) is 0 Å². The number of anilines is 1. The van der Waals surface area contributed by atoms with Gasteiger partial charge in [0, 0.05) is 15.4 Å². The van der Waals surface area contributed by atoms with E-state index in [0.29, 0.717) is 19.3 Å². The number of amides is 1. The Morgan fingerprint density at radius 2 is 1.77 bits per heavy atom. The van der Waals surface area contributed by atoms with Crippen molar-refractivity contribution in [1.82, 2.24) is 0 Å². The lowest BCUT2D eigenvalue weighted by molar-refractivity contribution is -0.113. The molecule has 3 aromatic rings. The number of hydrogen-bond acceptors (Lipinski definition) is 3. The van der Waals surface area contributed by atoms with Crippen molar-refractivity contribution in [1.29, 1.82) is 0 Å². The van der Waals surface area contributed by atoms with Crippen LogP contribution >= 0.6 is 47.2 Å². The van der Waals surface area contributed by atoms with E-state index in [2.05, 4.69) is 0 Å². The zero-order valence-corrected chi connectivity index (χ0v) is 16.4. The Balaban J connectivity index is 1.77. The second kappa shape index (κ2) is 7.05. The highest BCUT2D eigenvalue weighted by atomic mass is 35.5. The molecule has 0 N–H and O–H groups in total. The Bertz CT molecular complexity index is 1090. The summed E-state index contributed by atoms with van der Waals surface area (Å²) in [6, 6.07) is 19.0. The number of carbonyl (C=O) groups excluding carboxylic acids is 1. The zero-order chi connectivity index (χ0) is 18.3. The Kier molecular flexibility index (Phi) is 4.76. The Hall–Kier alpha value is -1.85. The Morgan fingerprint density at radius 1 is 1.00 bits per heavy atom. The standard InChI is InChI=1S/C20H11Cl2NOS2/c21-14-9-8-13(16(22)11-14)10-18-19(24)23(20(25)26-18)17-7-3-5-12-4-1-2-6-15(12)17/h1-11H/b18-10+. The molecule has 26 heavy (non-hydrogen) atoms. The first kappa shape index (κ1) is 17.6. The van der Waals surface area contributed by atoms with Crippen LogP contribution < -0.4 is 4.90 Å². The average molecular weight is 416 g/mol. The molecule has 1 aliphatic rings. The van der Waals surface area contributed by atoms with Gasteiger partial charge in [0.1, 0.15) is 0 Å². The van der Waals surface area contributed by atoms with E-state index in [1.54, 1.807) is 29.2 Å². The summed E-state index contributed by atoms with van der Waals surface area (Å²) >= 11 is 18.9. The molecule has 0 aromatic heterocycles. The quantitative estimate of drug-likeness (QED) is 0.349. The number of halogens is 2. The predicted octanol–water partition coefficient (Wildman–Crippen LogP) is 6.55. The first-order chi connectivity index (χ1) is 12.5. The largest absolute Gasteiger partial charge is 0.270 e. The molecule has 0 spiro atoms. The summed E-state index contributed by atoms with van der Waals surface area (Å²) in [5.74, 6) is -0.151. The van der Waals surface area contributed by atoms with Crippen molar-refractivity contribution in [3.63, 3.8) is 0 Å². The lowest BCUT2D eigenvalue weighted by Gasteiger charge is -2.17. The molecule has 0 aliphatic carbocycles. The molecule has 6 heteroatoms. The van der Waals surface area contributed by atoms with E-state index in [1.165, 1.54) is 11.8 Å². The summed E-state index contributed by atoms with van der Waals surface area (Å²) in [6.45, 7) is 0. The molecule has 1 amide bonds. The van der Waals surface area contributed by atoms with Gasteiger partial charge in [-0.1, -0.05) is 89.6 Å². The number of fused-ring (bicyclic) bond motifs is 1. The van der Waals surface area contributed by atoms with E-state index < -0.39 is 0 Å². The van der Waals surface area contributed by atoms with Crippen LogP contribution in [0.15, 0.2) is 65.6 Å². The minimum absolute atomic E-state index is 0.151. The Labute approximate surface area is 170 Å². The van der Waals surface area contributed by atoms with Gasteiger partial charge < -0.3 is 0 Å². The van der Waals surface area contributed by atoms with E-state index >= 15 is 0 Å². The van der Waals surface area contributed by atoms with Gasteiger partial charge in [-0.2, -0.15) is 0 Å². The summed E-state index contributed by atoms with van der Waals surface area (Å²) in [5.41, 5.74) is 1.52. The second-order valence-corrected chi connectivity index (χ2v) is 8.20. The van der Waals surface area contributed by atoms with Crippen LogP contribution in [-0.2, 0) is 4.79 Å². The van der Waals surface area contributed by atoms with E-state index in [9.17, 15) is 4.79 Å². The number of benzene rings is 3. The number of rotatable bonds is 2. The normalized spacial score (nSPS) is 16.1. The summed E-state index contributed by atoms with van der Waals surface area (Å²) in [4.78, 5) is 15.1. The van der Waals surface area contributed by atoms with Crippen LogP contribution in [0.3, 0.4) is 0 Å². The second-order valence-electron chi connectivity index (χ2n) is 5.68. The number of nitrogens with zero attached hydrogens (tertiary/aromatic N) is 1. The molecule has 128 valence electrons. The van der Waals surface area contributed by atoms with Gasteiger partial charge in [-0.3, -0.25) is 9.69 Å². The van der Waals surface area contributed by atoms with Crippen molar-refractivity contribution in [3.8, 4) is 0 Å². The number of carbonyl (C=O) groups is 1. The topological polar surface area (TPSA) is 20.3 Å². The number of thioether (sulfide) groups is 1. The number of hydrogen-bond donors (Lipinski definition) is 0. The van der Waals surface area contributed by atoms with E-state index in [-0.39, 0.29) is 5.91 Å².